The molecular weight excluding hydrogens is 507 g/mol. The Labute approximate surface area is 224 Å². The molecule has 0 radical (unpaired) electrons. The average molecular weight is 533 g/mol. The second-order valence-corrected chi connectivity index (χ2v) is 9.71. The summed E-state index contributed by atoms with van der Waals surface area (Å²) < 4.78 is 13.3. The first-order valence-electron chi connectivity index (χ1n) is 12.2. The molecule has 9 heteroatoms. The molecule has 2 N–H and O–H groups in total. The lowest BCUT2D eigenvalue weighted by molar-refractivity contribution is -0.136. The molecule has 0 saturated heterocycles. The number of benzene rings is 3. The van der Waals surface area contributed by atoms with Crippen LogP contribution in [0.4, 0.5) is 9.18 Å². The Hall–Kier alpha value is -4.17. The van der Waals surface area contributed by atoms with Crippen molar-refractivity contribution in [2.75, 3.05) is 13.6 Å². The average Bonchev–Trinajstić information content (AvgIpc) is 3.27. The summed E-state index contributed by atoms with van der Waals surface area (Å²) >= 11 is 6.45. The molecule has 0 saturated carbocycles. The van der Waals surface area contributed by atoms with Crippen LogP contribution in [0.1, 0.15) is 22.7 Å². The molecule has 0 spiro atoms. The van der Waals surface area contributed by atoms with Gasteiger partial charge in [0.15, 0.2) is 0 Å². The minimum absolute atomic E-state index is 0.0977. The van der Waals surface area contributed by atoms with E-state index in [1.54, 1.807) is 43.4 Å². The zero-order chi connectivity index (χ0) is 26.8. The summed E-state index contributed by atoms with van der Waals surface area (Å²) in [5, 5.41) is 6.21. The maximum atomic E-state index is 14.0. The number of urea groups is 1. The topological polar surface area (TPSA) is 81.8 Å². The molecule has 194 valence electrons. The van der Waals surface area contributed by atoms with Gasteiger partial charge in [0, 0.05) is 25.0 Å². The van der Waals surface area contributed by atoms with Crippen molar-refractivity contribution in [3.63, 3.8) is 0 Å². The fraction of sp³-hybridized carbons (Fsp3) is 0.207. The molecule has 5 rings (SSSR count). The van der Waals surface area contributed by atoms with Crippen molar-refractivity contribution in [1.29, 1.82) is 0 Å². The van der Waals surface area contributed by atoms with Crippen molar-refractivity contribution >= 4 is 29.4 Å². The number of likely N-dealkylation sites (N-methyl/N-ethyl adjacent to an activating group) is 1. The maximum absolute atomic E-state index is 14.0. The molecule has 0 fully saturated rings. The van der Waals surface area contributed by atoms with E-state index in [1.807, 2.05) is 30.3 Å². The van der Waals surface area contributed by atoms with E-state index in [9.17, 15) is 18.8 Å². The van der Waals surface area contributed by atoms with Gasteiger partial charge in [0.05, 0.1) is 23.9 Å². The molecule has 0 aliphatic carbocycles. The van der Waals surface area contributed by atoms with E-state index >= 15 is 0 Å². The lowest BCUT2D eigenvalue weighted by atomic mass is 9.95. The number of carbonyl (C=O) groups excluding carboxylic acids is 3. The Morgan fingerprint density at radius 2 is 1.71 bits per heavy atom. The molecular formula is C29H26ClFN4O3. The summed E-state index contributed by atoms with van der Waals surface area (Å²) in [6, 6.07) is 20.4. The van der Waals surface area contributed by atoms with Crippen LogP contribution < -0.4 is 10.6 Å². The number of nitrogens with zero attached hydrogens (tertiary/aromatic N) is 2. The molecule has 2 unspecified atom stereocenters. The number of hydrogen-bond acceptors (Lipinski definition) is 3. The Balaban J connectivity index is 1.45. The predicted molar refractivity (Wildman–Crippen MR) is 141 cm³/mol. The van der Waals surface area contributed by atoms with Gasteiger partial charge in [-0.2, -0.15) is 0 Å². The van der Waals surface area contributed by atoms with E-state index < -0.39 is 12.1 Å². The third-order valence-electron chi connectivity index (χ3n) is 6.94. The fourth-order valence-corrected chi connectivity index (χ4v) is 5.12. The summed E-state index contributed by atoms with van der Waals surface area (Å²) in [6.45, 7) is 0.280. The summed E-state index contributed by atoms with van der Waals surface area (Å²) in [5.74, 6) is -1.04. The molecule has 3 aromatic rings. The van der Waals surface area contributed by atoms with Gasteiger partial charge in [-0.3, -0.25) is 14.5 Å². The van der Waals surface area contributed by atoms with Crippen LogP contribution in [0.3, 0.4) is 0 Å². The van der Waals surface area contributed by atoms with Gasteiger partial charge in [0.25, 0.3) is 5.91 Å². The SMILES string of the molecule is CN1C(=O)NC(c2ccccc2Cl)C2=C1CN(C(Cc1ccccc1)C(=O)NCc1ccc(F)cc1)C2=O. The predicted octanol–water partition coefficient (Wildman–Crippen LogP) is 4.20. The molecule has 7 nitrogen and oxygen atoms in total. The van der Waals surface area contributed by atoms with Gasteiger partial charge >= 0.3 is 6.03 Å². The van der Waals surface area contributed by atoms with Crippen molar-refractivity contribution < 1.29 is 18.8 Å². The monoisotopic (exact) mass is 532 g/mol. The normalized spacial score (nSPS) is 17.8. The molecule has 38 heavy (non-hydrogen) atoms. The van der Waals surface area contributed by atoms with Crippen LogP contribution in [0.15, 0.2) is 90.1 Å². The molecule has 2 atom stereocenters. The Bertz CT molecular complexity index is 1410. The van der Waals surface area contributed by atoms with Gasteiger partial charge in [-0.25, -0.2) is 9.18 Å². The highest BCUT2D eigenvalue weighted by atomic mass is 35.5. The third kappa shape index (κ3) is 4.99. The summed E-state index contributed by atoms with van der Waals surface area (Å²) in [5.41, 5.74) is 3.16. The second kappa shape index (κ2) is 10.7. The van der Waals surface area contributed by atoms with Gasteiger partial charge in [0.1, 0.15) is 11.9 Å². The quantitative estimate of drug-likeness (QED) is 0.478. The van der Waals surface area contributed by atoms with E-state index in [1.165, 1.54) is 21.9 Å². The molecule has 3 aromatic carbocycles. The number of amides is 4. The second-order valence-electron chi connectivity index (χ2n) is 9.31. The zero-order valence-corrected chi connectivity index (χ0v) is 21.4. The van der Waals surface area contributed by atoms with Crippen molar-refractivity contribution in [3.8, 4) is 0 Å². The van der Waals surface area contributed by atoms with Crippen LogP contribution in [-0.4, -0.2) is 47.3 Å². The van der Waals surface area contributed by atoms with Gasteiger partial charge in [-0.1, -0.05) is 72.3 Å². The molecule has 2 heterocycles. The molecule has 0 aromatic heterocycles. The largest absolute Gasteiger partial charge is 0.350 e. The van der Waals surface area contributed by atoms with Crippen molar-refractivity contribution in [2.24, 2.45) is 0 Å². The van der Waals surface area contributed by atoms with Gasteiger partial charge in [-0.15, -0.1) is 0 Å². The van der Waals surface area contributed by atoms with Gasteiger partial charge in [0.2, 0.25) is 5.91 Å². The molecule has 2 aliphatic heterocycles. The summed E-state index contributed by atoms with van der Waals surface area (Å²) in [6.07, 6.45) is 0.282. The van der Waals surface area contributed by atoms with Crippen LogP contribution in [-0.2, 0) is 22.6 Å². The summed E-state index contributed by atoms with van der Waals surface area (Å²) in [7, 11) is 1.60. The number of nitrogens with one attached hydrogen (secondary N) is 2. The highest BCUT2D eigenvalue weighted by Gasteiger charge is 2.46. The van der Waals surface area contributed by atoms with Crippen LogP contribution in [0.5, 0.6) is 0 Å². The van der Waals surface area contributed by atoms with Crippen molar-refractivity contribution in [3.05, 3.63) is 118 Å². The molecule has 4 amide bonds. The first kappa shape index (κ1) is 25.5. The van der Waals surface area contributed by atoms with Gasteiger partial charge in [-0.05, 0) is 34.9 Å². The lowest BCUT2D eigenvalue weighted by Gasteiger charge is -2.31. The maximum Gasteiger partial charge on any atom is 0.322 e. The Kier molecular flexibility index (Phi) is 7.15. The van der Waals surface area contributed by atoms with E-state index in [-0.39, 0.29) is 43.2 Å². The first-order valence-corrected chi connectivity index (χ1v) is 12.6. The van der Waals surface area contributed by atoms with Crippen LogP contribution in [0.25, 0.3) is 0 Å². The van der Waals surface area contributed by atoms with Gasteiger partial charge < -0.3 is 15.5 Å². The van der Waals surface area contributed by atoms with E-state index in [0.29, 0.717) is 21.9 Å². The minimum atomic E-state index is -0.841. The van der Waals surface area contributed by atoms with Crippen LogP contribution >= 0.6 is 11.6 Å². The molecule has 2 aliphatic rings. The lowest BCUT2D eigenvalue weighted by Crippen LogP contribution is -2.49. The van der Waals surface area contributed by atoms with E-state index in [2.05, 4.69) is 10.6 Å². The number of carbonyl (C=O) groups is 3. The standard InChI is InChI=1S/C29H26ClFN4O3/c1-34-24-17-35(28(37)25(24)26(33-29(34)38)21-9-5-6-10-22(21)30)23(15-18-7-3-2-4-8-18)27(36)32-16-19-11-13-20(31)14-12-19/h2-14,23,26H,15-17H2,1H3,(H,32,36)(H,33,38). The number of halogens is 2. The Morgan fingerprint density at radius 1 is 1.03 bits per heavy atom. The minimum Gasteiger partial charge on any atom is -0.350 e. The Morgan fingerprint density at radius 3 is 2.42 bits per heavy atom. The van der Waals surface area contributed by atoms with E-state index in [0.717, 1.165) is 11.1 Å². The summed E-state index contributed by atoms with van der Waals surface area (Å²) in [4.78, 5) is 43.3. The zero-order valence-electron chi connectivity index (χ0n) is 20.7. The highest BCUT2D eigenvalue weighted by Crippen LogP contribution is 2.38. The first-order chi connectivity index (χ1) is 18.3. The number of rotatable bonds is 7. The van der Waals surface area contributed by atoms with Crippen molar-refractivity contribution in [1.82, 2.24) is 20.4 Å². The third-order valence-corrected chi connectivity index (χ3v) is 7.28. The highest BCUT2D eigenvalue weighted by molar-refractivity contribution is 6.31. The fourth-order valence-electron chi connectivity index (χ4n) is 4.87. The van der Waals surface area contributed by atoms with Crippen molar-refractivity contribution in [2.45, 2.75) is 25.0 Å². The van der Waals surface area contributed by atoms with Crippen LogP contribution in [0.2, 0.25) is 5.02 Å². The van der Waals surface area contributed by atoms with E-state index in [4.69, 9.17) is 11.6 Å². The molecule has 0 bridgehead atoms. The smallest absolute Gasteiger partial charge is 0.322 e. The number of hydrogen-bond donors (Lipinski definition) is 2. The van der Waals surface area contributed by atoms with Crippen LogP contribution in [0, 0.1) is 5.82 Å².